The molecule has 0 amide bonds. The van der Waals surface area contributed by atoms with Crippen LogP contribution in [0.1, 0.15) is 44.2 Å². The number of hydrogen-bond acceptors (Lipinski definition) is 1. The first-order valence-electron chi connectivity index (χ1n) is 6.40. The van der Waals surface area contributed by atoms with E-state index < -0.39 is 0 Å². The predicted molar refractivity (Wildman–Crippen MR) is 69.8 cm³/mol. The van der Waals surface area contributed by atoms with Gasteiger partial charge < -0.3 is 5.32 Å². The molecule has 1 saturated carbocycles. The Morgan fingerprint density at radius 2 is 2.24 bits per heavy atom. The average Bonchev–Trinajstić information content (AvgIpc) is 2.25. The van der Waals surface area contributed by atoms with Crippen LogP contribution in [-0.2, 0) is 0 Å². The summed E-state index contributed by atoms with van der Waals surface area (Å²) in [6, 6.07) is 5.42. The van der Waals surface area contributed by atoms with Crippen LogP contribution in [0, 0.1) is 11.7 Å². The molecule has 17 heavy (non-hydrogen) atoms. The molecule has 1 unspecified atom stereocenters. The van der Waals surface area contributed by atoms with Crippen molar-refractivity contribution in [2.45, 2.75) is 38.6 Å². The minimum atomic E-state index is -0.335. The van der Waals surface area contributed by atoms with E-state index in [-0.39, 0.29) is 10.8 Å². The second-order valence-corrected chi connectivity index (χ2v) is 5.20. The van der Waals surface area contributed by atoms with Gasteiger partial charge in [-0.25, -0.2) is 4.39 Å². The Hall–Kier alpha value is -0.600. The molecule has 0 spiro atoms. The molecule has 1 nitrogen and oxygen atoms in total. The number of benzene rings is 1. The van der Waals surface area contributed by atoms with Gasteiger partial charge in [0, 0.05) is 6.04 Å². The zero-order valence-corrected chi connectivity index (χ0v) is 10.9. The van der Waals surface area contributed by atoms with Gasteiger partial charge in [0.2, 0.25) is 0 Å². The zero-order chi connectivity index (χ0) is 12.3. The van der Waals surface area contributed by atoms with E-state index in [9.17, 15) is 4.39 Å². The van der Waals surface area contributed by atoms with Gasteiger partial charge in [-0.05, 0) is 49.4 Å². The fourth-order valence-electron chi connectivity index (χ4n) is 2.34. The molecule has 0 aromatic heterocycles. The maximum atomic E-state index is 13.2. The highest BCUT2D eigenvalue weighted by atomic mass is 35.5. The monoisotopic (exact) mass is 255 g/mol. The Kier molecular flexibility index (Phi) is 4.41. The van der Waals surface area contributed by atoms with E-state index in [1.165, 1.54) is 25.3 Å². The second kappa shape index (κ2) is 5.83. The minimum Gasteiger partial charge on any atom is -0.310 e. The predicted octanol–water partition coefficient (Wildman–Crippen LogP) is 4.32. The summed E-state index contributed by atoms with van der Waals surface area (Å²) in [4.78, 5) is 0. The van der Waals surface area contributed by atoms with Crippen molar-refractivity contribution in [1.29, 1.82) is 0 Å². The molecule has 1 aromatic carbocycles. The minimum absolute atomic E-state index is 0.227. The lowest BCUT2D eigenvalue weighted by molar-refractivity contribution is 0.231. The largest absolute Gasteiger partial charge is 0.310 e. The molecule has 0 aliphatic heterocycles. The number of hydrogen-bond donors (Lipinski definition) is 1. The molecule has 1 fully saturated rings. The molecule has 0 radical (unpaired) electrons. The maximum absolute atomic E-state index is 13.2. The highest BCUT2D eigenvalue weighted by molar-refractivity contribution is 6.30. The maximum Gasteiger partial charge on any atom is 0.141 e. The summed E-state index contributed by atoms with van der Waals surface area (Å²) >= 11 is 5.86. The summed E-state index contributed by atoms with van der Waals surface area (Å²) < 4.78 is 13.2. The van der Waals surface area contributed by atoms with Crippen molar-refractivity contribution in [2.75, 3.05) is 6.54 Å². The summed E-state index contributed by atoms with van der Waals surface area (Å²) in [5.41, 5.74) is 1.12. The molecule has 94 valence electrons. The molecule has 0 bridgehead atoms. The molecular formula is C14H19ClFN. The van der Waals surface area contributed by atoms with Crippen LogP contribution in [0.25, 0.3) is 0 Å². The van der Waals surface area contributed by atoms with E-state index in [0.717, 1.165) is 18.5 Å². The number of halogens is 2. The van der Waals surface area contributed by atoms with E-state index in [1.807, 2.05) is 6.07 Å². The van der Waals surface area contributed by atoms with E-state index in [4.69, 9.17) is 11.6 Å². The third-order valence-corrected chi connectivity index (χ3v) is 3.83. The molecule has 1 N–H and O–H groups in total. The summed E-state index contributed by atoms with van der Waals surface area (Å²) in [6.45, 7) is 3.15. The highest BCUT2D eigenvalue weighted by Crippen LogP contribution is 2.38. The van der Waals surface area contributed by atoms with E-state index in [1.54, 1.807) is 6.07 Å². The fraction of sp³-hybridized carbons (Fsp3) is 0.571. The Bertz CT molecular complexity index is 376. The van der Waals surface area contributed by atoms with Crippen molar-refractivity contribution in [3.8, 4) is 0 Å². The standard InChI is InChI=1S/C14H19ClFN/c1-2-8-17-14(10-4-3-5-10)11-6-7-13(16)12(15)9-11/h6-7,9-10,14,17H,2-5,8H2,1H3. The lowest BCUT2D eigenvalue weighted by Gasteiger charge is -2.35. The van der Waals surface area contributed by atoms with Crippen LogP contribution in [-0.4, -0.2) is 6.54 Å². The molecule has 1 aliphatic rings. The van der Waals surface area contributed by atoms with Crippen LogP contribution in [0.15, 0.2) is 18.2 Å². The van der Waals surface area contributed by atoms with Crippen LogP contribution < -0.4 is 5.32 Å². The van der Waals surface area contributed by atoms with Crippen LogP contribution in [0.3, 0.4) is 0 Å². The molecule has 0 saturated heterocycles. The Labute approximate surface area is 107 Å². The van der Waals surface area contributed by atoms with Gasteiger partial charge in [0.25, 0.3) is 0 Å². The third-order valence-electron chi connectivity index (χ3n) is 3.54. The normalized spacial score (nSPS) is 17.8. The second-order valence-electron chi connectivity index (χ2n) is 4.80. The van der Waals surface area contributed by atoms with Crippen molar-refractivity contribution >= 4 is 11.6 Å². The summed E-state index contributed by atoms with van der Waals surface area (Å²) in [5, 5.41) is 3.78. The van der Waals surface area contributed by atoms with Gasteiger partial charge in [-0.1, -0.05) is 31.0 Å². The van der Waals surface area contributed by atoms with Crippen molar-refractivity contribution in [3.63, 3.8) is 0 Å². The van der Waals surface area contributed by atoms with Crippen LogP contribution >= 0.6 is 11.6 Å². The molecule has 3 heteroatoms. The summed E-state index contributed by atoms with van der Waals surface area (Å²) in [7, 11) is 0. The van der Waals surface area contributed by atoms with Gasteiger partial charge in [0.05, 0.1) is 5.02 Å². The first kappa shape index (κ1) is 12.8. The smallest absolute Gasteiger partial charge is 0.141 e. The molecular weight excluding hydrogens is 237 g/mol. The lowest BCUT2D eigenvalue weighted by atomic mass is 9.77. The van der Waals surface area contributed by atoms with E-state index in [2.05, 4.69) is 12.2 Å². The highest BCUT2D eigenvalue weighted by Gasteiger charge is 2.28. The van der Waals surface area contributed by atoms with Crippen molar-refractivity contribution < 1.29 is 4.39 Å². The first-order valence-corrected chi connectivity index (χ1v) is 6.78. The molecule has 2 rings (SSSR count). The number of rotatable bonds is 5. The van der Waals surface area contributed by atoms with Crippen molar-refractivity contribution in [1.82, 2.24) is 5.32 Å². The van der Waals surface area contributed by atoms with Gasteiger partial charge in [0.15, 0.2) is 0 Å². The van der Waals surface area contributed by atoms with Crippen LogP contribution in [0.5, 0.6) is 0 Å². The SMILES string of the molecule is CCCNC(c1ccc(F)c(Cl)c1)C1CCC1. The van der Waals surface area contributed by atoms with Gasteiger partial charge >= 0.3 is 0 Å². The summed E-state index contributed by atoms with van der Waals surface area (Å²) in [6.07, 6.45) is 4.94. The molecule has 0 heterocycles. The zero-order valence-electron chi connectivity index (χ0n) is 10.2. The Morgan fingerprint density at radius 3 is 2.76 bits per heavy atom. The Morgan fingerprint density at radius 1 is 1.47 bits per heavy atom. The first-order chi connectivity index (χ1) is 8.22. The lowest BCUT2D eigenvalue weighted by Crippen LogP contribution is -2.32. The van der Waals surface area contributed by atoms with Crippen molar-refractivity contribution in [2.24, 2.45) is 5.92 Å². The third kappa shape index (κ3) is 2.99. The summed E-state index contributed by atoms with van der Waals surface area (Å²) in [5.74, 6) is 0.348. The fourth-order valence-corrected chi connectivity index (χ4v) is 2.52. The van der Waals surface area contributed by atoms with Crippen molar-refractivity contribution in [3.05, 3.63) is 34.6 Å². The van der Waals surface area contributed by atoms with Crippen LogP contribution in [0.4, 0.5) is 4.39 Å². The van der Waals surface area contributed by atoms with Crippen LogP contribution in [0.2, 0.25) is 5.02 Å². The topological polar surface area (TPSA) is 12.0 Å². The van der Waals surface area contributed by atoms with E-state index >= 15 is 0 Å². The molecule has 1 aliphatic carbocycles. The molecule has 1 atom stereocenters. The van der Waals surface area contributed by atoms with E-state index in [0.29, 0.717) is 12.0 Å². The Balaban J connectivity index is 2.15. The quantitative estimate of drug-likeness (QED) is 0.826. The number of nitrogens with one attached hydrogen (secondary N) is 1. The van der Waals surface area contributed by atoms with Gasteiger partial charge in [-0.3, -0.25) is 0 Å². The van der Waals surface area contributed by atoms with Gasteiger partial charge in [-0.2, -0.15) is 0 Å². The average molecular weight is 256 g/mol. The molecule has 1 aromatic rings. The van der Waals surface area contributed by atoms with Gasteiger partial charge in [0.1, 0.15) is 5.82 Å². The van der Waals surface area contributed by atoms with Gasteiger partial charge in [-0.15, -0.1) is 0 Å².